The van der Waals surface area contributed by atoms with Crippen LogP contribution in [0.4, 0.5) is 0 Å². The first-order valence-corrected chi connectivity index (χ1v) is 7.71. The van der Waals surface area contributed by atoms with Crippen LogP contribution in [-0.4, -0.2) is 34.3 Å². The lowest BCUT2D eigenvalue weighted by atomic mass is 10.0. The number of benzene rings is 1. The fourth-order valence-electron chi connectivity index (χ4n) is 2.93. The molecule has 1 aliphatic rings. The van der Waals surface area contributed by atoms with Gasteiger partial charge in [-0.2, -0.15) is 5.10 Å². The number of hydrogen-bond acceptors (Lipinski definition) is 3. The zero-order valence-electron chi connectivity index (χ0n) is 12.5. The van der Waals surface area contributed by atoms with Gasteiger partial charge < -0.3 is 5.32 Å². The van der Waals surface area contributed by atoms with Gasteiger partial charge in [0, 0.05) is 39.3 Å². The second-order valence-corrected chi connectivity index (χ2v) is 6.00. The molecule has 1 unspecified atom stereocenters. The van der Waals surface area contributed by atoms with E-state index in [1.165, 1.54) is 5.56 Å². The molecule has 1 N–H and O–H groups in total. The van der Waals surface area contributed by atoms with E-state index in [1.807, 2.05) is 18.7 Å². The van der Waals surface area contributed by atoms with Crippen molar-refractivity contribution >= 4 is 11.6 Å². The lowest BCUT2D eigenvalue weighted by Gasteiger charge is -2.34. The lowest BCUT2D eigenvalue weighted by molar-refractivity contribution is 0.189. The Morgan fingerprint density at radius 3 is 2.76 bits per heavy atom. The molecule has 112 valence electrons. The minimum Gasteiger partial charge on any atom is -0.308 e. The Bertz CT molecular complexity index is 608. The van der Waals surface area contributed by atoms with Crippen LogP contribution in [0.2, 0.25) is 5.02 Å². The molecule has 0 aliphatic carbocycles. The van der Waals surface area contributed by atoms with Crippen molar-refractivity contribution in [2.24, 2.45) is 7.05 Å². The highest BCUT2D eigenvalue weighted by molar-refractivity contribution is 6.31. The highest BCUT2D eigenvalue weighted by Crippen LogP contribution is 2.23. The van der Waals surface area contributed by atoms with Crippen molar-refractivity contribution in [3.8, 4) is 0 Å². The average Bonchev–Trinajstić information content (AvgIpc) is 2.75. The van der Waals surface area contributed by atoms with E-state index in [4.69, 9.17) is 11.6 Å². The molecule has 4 nitrogen and oxygen atoms in total. The Labute approximate surface area is 130 Å². The Hall–Kier alpha value is -1.36. The molecular formula is C16H21ClN4. The summed E-state index contributed by atoms with van der Waals surface area (Å²) in [6, 6.07) is 11.0. The average molecular weight is 305 g/mol. The Morgan fingerprint density at radius 1 is 1.33 bits per heavy atom. The van der Waals surface area contributed by atoms with E-state index < -0.39 is 0 Å². The summed E-state index contributed by atoms with van der Waals surface area (Å²) in [7, 11) is 1.96. The maximum absolute atomic E-state index is 6.36. The predicted molar refractivity (Wildman–Crippen MR) is 85.4 cm³/mol. The topological polar surface area (TPSA) is 33.1 Å². The monoisotopic (exact) mass is 304 g/mol. The Morgan fingerprint density at radius 2 is 2.10 bits per heavy atom. The molecule has 0 saturated carbocycles. The molecular weight excluding hydrogens is 284 g/mol. The highest BCUT2D eigenvalue weighted by Gasteiger charge is 2.22. The van der Waals surface area contributed by atoms with Gasteiger partial charge in [0.2, 0.25) is 0 Å². The van der Waals surface area contributed by atoms with Crippen LogP contribution >= 0.6 is 11.6 Å². The van der Waals surface area contributed by atoms with E-state index in [0.717, 1.165) is 42.6 Å². The van der Waals surface area contributed by atoms with Crippen molar-refractivity contribution in [3.05, 3.63) is 52.3 Å². The second kappa shape index (κ2) is 6.18. The second-order valence-electron chi connectivity index (χ2n) is 5.62. The van der Waals surface area contributed by atoms with E-state index in [-0.39, 0.29) is 0 Å². The van der Waals surface area contributed by atoms with Crippen molar-refractivity contribution in [1.29, 1.82) is 0 Å². The number of aromatic nitrogens is 2. The molecule has 1 aromatic carbocycles. The van der Waals surface area contributed by atoms with Crippen LogP contribution < -0.4 is 5.32 Å². The molecule has 2 heterocycles. The van der Waals surface area contributed by atoms with E-state index in [0.29, 0.717) is 6.04 Å². The van der Waals surface area contributed by atoms with Gasteiger partial charge in [-0.25, -0.2) is 0 Å². The van der Waals surface area contributed by atoms with Gasteiger partial charge in [0.15, 0.2) is 0 Å². The van der Waals surface area contributed by atoms with Gasteiger partial charge in [0.25, 0.3) is 0 Å². The SMILES string of the molecule is Cc1nn(C)c(CN2CCNC(c3ccccc3)C2)c1Cl. The van der Waals surface area contributed by atoms with E-state index >= 15 is 0 Å². The van der Waals surface area contributed by atoms with Crippen molar-refractivity contribution in [2.75, 3.05) is 19.6 Å². The molecule has 1 fully saturated rings. The number of aryl methyl sites for hydroxylation is 2. The molecule has 3 rings (SSSR count). The number of nitrogens with one attached hydrogen (secondary N) is 1. The summed E-state index contributed by atoms with van der Waals surface area (Å²) in [5.74, 6) is 0. The highest BCUT2D eigenvalue weighted by atomic mass is 35.5. The first-order chi connectivity index (χ1) is 10.1. The molecule has 21 heavy (non-hydrogen) atoms. The maximum Gasteiger partial charge on any atom is 0.0860 e. The summed E-state index contributed by atoms with van der Waals surface area (Å²) in [5, 5.41) is 8.78. The van der Waals surface area contributed by atoms with Crippen LogP contribution in [-0.2, 0) is 13.6 Å². The fourth-order valence-corrected chi connectivity index (χ4v) is 3.15. The van der Waals surface area contributed by atoms with Crippen LogP contribution in [0.5, 0.6) is 0 Å². The first-order valence-electron chi connectivity index (χ1n) is 7.34. The van der Waals surface area contributed by atoms with Gasteiger partial charge in [-0.3, -0.25) is 9.58 Å². The normalized spacial score (nSPS) is 19.9. The third kappa shape index (κ3) is 3.12. The van der Waals surface area contributed by atoms with Crippen LogP contribution in [0.15, 0.2) is 30.3 Å². The molecule has 0 bridgehead atoms. The zero-order valence-corrected chi connectivity index (χ0v) is 13.3. The van der Waals surface area contributed by atoms with E-state index in [1.54, 1.807) is 0 Å². The van der Waals surface area contributed by atoms with Crippen molar-refractivity contribution < 1.29 is 0 Å². The minimum absolute atomic E-state index is 0.382. The molecule has 2 aromatic rings. The molecule has 1 aromatic heterocycles. The number of halogens is 1. The van der Waals surface area contributed by atoms with Crippen LogP contribution in [0, 0.1) is 6.92 Å². The van der Waals surface area contributed by atoms with E-state index in [9.17, 15) is 0 Å². The number of rotatable bonds is 3. The van der Waals surface area contributed by atoms with Gasteiger partial charge in [-0.05, 0) is 12.5 Å². The molecule has 0 radical (unpaired) electrons. The third-order valence-electron chi connectivity index (χ3n) is 4.10. The molecule has 1 atom stereocenters. The van der Waals surface area contributed by atoms with Crippen LogP contribution in [0.25, 0.3) is 0 Å². The van der Waals surface area contributed by atoms with Gasteiger partial charge >= 0.3 is 0 Å². The van der Waals surface area contributed by atoms with Crippen molar-refractivity contribution in [3.63, 3.8) is 0 Å². The Kier molecular flexibility index (Phi) is 4.29. The summed E-state index contributed by atoms with van der Waals surface area (Å²) in [6.45, 7) is 5.82. The minimum atomic E-state index is 0.382. The predicted octanol–water partition coefficient (Wildman–Crippen LogP) is 2.53. The maximum atomic E-state index is 6.36. The molecule has 1 saturated heterocycles. The van der Waals surface area contributed by atoms with Crippen LogP contribution in [0.3, 0.4) is 0 Å². The number of piperazine rings is 1. The standard InChI is InChI=1S/C16H21ClN4/c1-12-16(17)15(20(2)19-12)11-21-9-8-18-14(10-21)13-6-4-3-5-7-13/h3-7,14,18H,8-11H2,1-2H3. The lowest BCUT2D eigenvalue weighted by Crippen LogP contribution is -2.45. The van der Waals surface area contributed by atoms with Gasteiger partial charge in [0.05, 0.1) is 16.4 Å². The zero-order chi connectivity index (χ0) is 14.8. The summed E-state index contributed by atoms with van der Waals surface area (Å²) < 4.78 is 1.90. The molecule has 0 amide bonds. The quantitative estimate of drug-likeness (QED) is 0.946. The Balaban J connectivity index is 1.72. The van der Waals surface area contributed by atoms with Gasteiger partial charge in [-0.1, -0.05) is 41.9 Å². The molecule has 5 heteroatoms. The van der Waals surface area contributed by atoms with Crippen molar-refractivity contribution in [1.82, 2.24) is 20.0 Å². The van der Waals surface area contributed by atoms with Gasteiger partial charge in [0.1, 0.15) is 0 Å². The summed E-state index contributed by atoms with van der Waals surface area (Å²) in [4.78, 5) is 2.44. The first kappa shape index (κ1) is 14.6. The fraction of sp³-hybridized carbons (Fsp3) is 0.438. The van der Waals surface area contributed by atoms with E-state index in [2.05, 4.69) is 45.6 Å². The summed E-state index contributed by atoms with van der Waals surface area (Å²) in [5.41, 5.74) is 3.35. The number of nitrogens with zero attached hydrogens (tertiary/aromatic N) is 3. The largest absolute Gasteiger partial charge is 0.308 e. The van der Waals surface area contributed by atoms with Gasteiger partial charge in [-0.15, -0.1) is 0 Å². The van der Waals surface area contributed by atoms with Crippen molar-refractivity contribution in [2.45, 2.75) is 19.5 Å². The molecule has 1 aliphatic heterocycles. The summed E-state index contributed by atoms with van der Waals surface area (Å²) >= 11 is 6.36. The summed E-state index contributed by atoms with van der Waals surface area (Å²) in [6.07, 6.45) is 0. The molecule has 0 spiro atoms. The van der Waals surface area contributed by atoms with Crippen LogP contribution in [0.1, 0.15) is 23.0 Å². The third-order valence-corrected chi connectivity index (χ3v) is 4.59. The number of hydrogen-bond donors (Lipinski definition) is 1. The smallest absolute Gasteiger partial charge is 0.0860 e.